The highest BCUT2D eigenvalue weighted by Gasteiger charge is 2.59. The third-order valence-electron chi connectivity index (χ3n) is 4.75. The van der Waals surface area contributed by atoms with Gasteiger partial charge in [0.15, 0.2) is 6.10 Å². The number of fused-ring (bicyclic) bond motifs is 2. The number of hydrogen-bond acceptors (Lipinski definition) is 5. The molecule has 3 N–H and O–H groups in total. The molecule has 104 valence electrons. The molecule has 1 aromatic rings. The molecule has 5 nitrogen and oxygen atoms in total. The summed E-state index contributed by atoms with van der Waals surface area (Å²) in [4.78, 5) is 4.44. The molecular formula is C14H15BrN4O. The number of anilines is 1. The van der Waals surface area contributed by atoms with E-state index in [0.29, 0.717) is 12.2 Å². The number of hydrogen-bond donors (Lipinski definition) is 2. The maximum absolute atomic E-state index is 8.96. The first-order valence-electron chi connectivity index (χ1n) is 6.83. The van der Waals surface area contributed by atoms with E-state index in [2.05, 4.69) is 32.3 Å². The standard InChI is InChI=1S/C14H15BrN4O/c15-11-9-3-8(4-16)20-10(9)5-18-12(11)19-14-2-1-13(17,6-14)7-14/h5,8H,1-3,6-7,17H2,(H,18,19). The Morgan fingerprint density at radius 3 is 2.95 bits per heavy atom. The van der Waals surface area contributed by atoms with E-state index in [1.807, 2.05) is 0 Å². The van der Waals surface area contributed by atoms with Crippen LogP contribution in [-0.4, -0.2) is 22.2 Å². The molecular weight excluding hydrogens is 320 g/mol. The maximum Gasteiger partial charge on any atom is 0.188 e. The highest BCUT2D eigenvalue weighted by atomic mass is 79.9. The van der Waals surface area contributed by atoms with Gasteiger partial charge >= 0.3 is 0 Å². The number of aromatic nitrogens is 1. The molecule has 5 rings (SSSR count). The smallest absolute Gasteiger partial charge is 0.188 e. The number of pyridine rings is 1. The SMILES string of the molecule is N#CC1Cc2c(cnc(NC34CCC(N)(C3)C4)c2Br)O1. The van der Waals surface area contributed by atoms with Crippen molar-refractivity contribution in [3.05, 3.63) is 16.2 Å². The van der Waals surface area contributed by atoms with Crippen molar-refractivity contribution in [2.45, 2.75) is 49.3 Å². The molecule has 1 aromatic heterocycles. The quantitative estimate of drug-likeness (QED) is 0.865. The molecule has 0 aromatic carbocycles. The molecule has 3 fully saturated rings. The Kier molecular flexibility index (Phi) is 2.40. The van der Waals surface area contributed by atoms with Crippen molar-refractivity contribution in [2.75, 3.05) is 5.32 Å². The summed E-state index contributed by atoms with van der Waals surface area (Å²) in [6.45, 7) is 0. The van der Waals surface area contributed by atoms with E-state index in [1.54, 1.807) is 6.20 Å². The Hall–Kier alpha value is -1.32. The van der Waals surface area contributed by atoms with Gasteiger partial charge in [-0.3, -0.25) is 0 Å². The zero-order chi connectivity index (χ0) is 14.0. The summed E-state index contributed by atoms with van der Waals surface area (Å²) in [6, 6.07) is 2.14. The van der Waals surface area contributed by atoms with Crippen molar-refractivity contribution in [2.24, 2.45) is 5.73 Å². The second-order valence-electron chi connectivity index (χ2n) is 6.32. The Labute approximate surface area is 125 Å². The van der Waals surface area contributed by atoms with Gasteiger partial charge in [0.25, 0.3) is 0 Å². The number of nitrogens with two attached hydrogens (primary N) is 1. The van der Waals surface area contributed by atoms with Crippen LogP contribution >= 0.6 is 15.9 Å². The fourth-order valence-electron chi connectivity index (χ4n) is 3.88. The second kappa shape index (κ2) is 3.86. The van der Waals surface area contributed by atoms with Crippen molar-refractivity contribution in [1.82, 2.24) is 4.98 Å². The molecule has 0 saturated heterocycles. The summed E-state index contributed by atoms with van der Waals surface area (Å²) in [7, 11) is 0. The predicted octanol–water partition coefficient (Wildman–Crippen LogP) is 2.11. The zero-order valence-electron chi connectivity index (χ0n) is 10.9. The van der Waals surface area contributed by atoms with Gasteiger partial charge in [-0.05, 0) is 41.6 Å². The minimum atomic E-state index is -0.400. The lowest BCUT2D eigenvalue weighted by Gasteiger charge is -2.46. The Balaban J connectivity index is 1.61. The molecule has 6 heteroatoms. The Bertz CT molecular complexity index is 633. The van der Waals surface area contributed by atoms with Crippen LogP contribution in [0.1, 0.15) is 31.2 Å². The van der Waals surface area contributed by atoms with Crippen molar-refractivity contribution in [3.8, 4) is 11.8 Å². The lowest BCUT2D eigenvalue weighted by atomic mass is 9.72. The normalized spacial score (nSPS) is 36.8. The van der Waals surface area contributed by atoms with E-state index in [4.69, 9.17) is 15.7 Å². The van der Waals surface area contributed by atoms with E-state index >= 15 is 0 Å². The van der Waals surface area contributed by atoms with Crippen LogP contribution in [0.3, 0.4) is 0 Å². The summed E-state index contributed by atoms with van der Waals surface area (Å²) in [6.07, 6.45) is 6.14. The predicted molar refractivity (Wildman–Crippen MR) is 77.4 cm³/mol. The highest BCUT2D eigenvalue weighted by molar-refractivity contribution is 9.10. The molecule has 0 amide bonds. The fourth-order valence-corrected chi connectivity index (χ4v) is 4.44. The molecule has 3 saturated carbocycles. The molecule has 1 unspecified atom stereocenters. The van der Waals surface area contributed by atoms with Gasteiger partial charge in [0.2, 0.25) is 0 Å². The minimum Gasteiger partial charge on any atom is -0.473 e. The average Bonchev–Trinajstić information content (AvgIpc) is 3.03. The van der Waals surface area contributed by atoms with Crippen molar-refractivity contribution < 1.29 is 4.74 Å². The first-order valence-corrected chi connectivity index (χ1v) is 7.63. The van der Waals surface area contributed by atoms with Gasteiger partial charge in [-0.15, -0.1) is 0 Å². The number of nitrogens with zero attached hydrogens (tertiary/aromatic N) is 2. The lowest BCUT2D eigenvalue weighted by Crippen LogP contribution is -2.57. The van der Waals surface area contributed by atoms with Crippen molar-refractivity contribution in [1.29, 1.82) is 5.26 Å². The lowest BCUT2D eigenvalue weighted by molar-refractivity contribution is 0.224. The number of halogens is 1. The molecule has 0 spiro atoms. The minimum absolute atomic E-state index is 0.0468. The summed E-state index contributed by atoms with van der Waals surface area (Å²) in [5.41, 5.74) is 7.41. The molecule has 20 heavy (non-hydrogen) atoms. The van der Waals surface area contributed by atoms with Gasteiger partial charge in [-0.2, -0.15) is 5.26 Å². The van der Waals surface area contributed by atoms with Crippen LogP contribution < -0.4 is 15.8 Å². The summed E-state index contributed by atoms with van der Waals surface area (Å²) in [5, 5.41) is 12.5. The number of nitrogens with one attached hydrogen (secondary N) is 1. The van der Waals surface area contributed by atoms with Gasteiger partial charge in [0, 0.05) is 23.1 Å². The molecule has 1 atom stereocenters. The number of nitriles is 1. The largest absolute Gasteiger partial charge is 0.473 e. The number of ether oxygens (including phenoxy) is 1. The fraction of sp³-hybridized carbons (Fsp3) is 0.571. The summed E-state index contributed by atoms with van der Waals surface area (Å²) in [5.74, 6) is 1.55. The third-order valence-corrected chi connectivity index (χ3v) is 5.60. The van der Waals surface area contributed by atoms with Crippen molar-refractivity contribution >= 4 is 21.7 Å². The van der Waals surface area contributed by atoms with Crippen LogP contribution in [0.15, 0.2) is 10.7 Å². The van der Waals surface area contributed by atoms with Gasteiger partial charge in [-0.1, -0.05) is 0 Å². The summed E-state index contributed by atoms with van der Waals surface area (Å²) >= 11 is 3.61. The average molecular weight is 335 g/mol. The van der Waals surface area contributed by atoms with E-state index in [1.165, 1.54) is 0 Å². The monoisotopic (exact) mass is 334 g/mol. The van der Waals surface area contributed by atoms with E-state index in [-0.39, 0.29) is 11.1 Å². The highest BCUT2D eigenvalue weighted by Crippen LogP contribution is 2.55. The van der Waals surface area contributed by atoms with E-state index in [0.717, 1.165) is 41.5 Å². The van der Waals surface area contributed by atoms with Gasteiger partial charge in [0.05, 0.1) is 10.7 Å². The van der Waals surface area contributed by atoms with Crippen LogP contribution in [0.4, 0.5) is 5.82 Å². The van der Waals surface area contributed by atoms with E-state index in [9.17, 15) is 0 Å². The first-order chi connectivity index (χ1) is 9.53. The maximum atomic E-state index is 8.96. The van der Waals surface area contributed by atoms with Crippen LogP contribution in [0.5, 0.6) is 5.75 Å². The molecule has 4 aliphatic rings. The molecule has 3 aliphatic carbocycles. The topological polar surface area (TPSA) is 84.0 Å². The zero-order valence-corrected chi connectivity index (χ0v) is 12.5. The first kappa shape index (κ1) is 12.4. The van der Waals surface area contributed by atoms with Crippen LogP contribution in [0.2, 0.25) is 0 Å². The van der Waals surface area contributed by atoms with Crippen molar-refractivity contribution in [3.63, 3.8) is 0 Å². The van der Waals surface area contributed by atoms with Crippen LogP contribution in [0, 0.1) is 11.3 Å². The van der Waals surface area contributed by atoms with Gasteiger partial charge < -0.3 is 15.8 Å². The third kappa shape index (κ3) is 1.66. The van der Waals surface area contributed by atoms with Crippen LogP contribution in [-0.2, 0) is 6.42 Å². The molecule has 1 aliphatic heterocycles. The Morgan fingerprint density at radius 1 is 1.50 bits per heavy atom. The second-order valence-corrected chi connectivity index (χ2v) is 7.12. The Morgan fingerprint density at radius 2 is 2.30 bits per heavy atom. The molecule has 2 bridgehead atoms. The van der Waals surface area contributed by atoms with Crippen LogP contribution in [0.25, 0.3) is 0 Å². The van der Waals surface area contributed by atoms with Gasteiger partial charge in [0.1, 0.15) is 17.6 Å². The molecule has 2 heterocycles. The summed E-state index contributed by atoms with van der Waals surface area (Å²) < 4.78 is 6.43. The van der Waals surface area contributed by atoms with Gasteiger partial charge in [-0.25, -0.2) is 4.98 Å². The van der Waals surface area contributed by atoms with E-state index < -0.39 is 6.10 Å². The number of rotatable bonds is 2. The molecule has 0 radical (unpaired) electrons.